The highest BCUT2D eigenvalue weighted by Gasteiger charge is 2.11. The number of halogens is 3. The summed E-state index contributed by atoms with van der Waals surface area (Å²) in [6, 6.07) is 4.78. The molecular weight excluding hydrogens is 327 g/mol. The minimum absolute atomic E-state index is 0.202. The average molecular weight is 334 g/mol. The first-order chi connectivity index (χ1) is 8.99. The summed E-state index contributed by atoms with van der Waals surface area (Å²) in [5.74, 6) is 0.398. The number of nitrogens with two attached hydrogens (primary N) is 1. The zero-order valence-corrected chi connectivity index (χ0v) is 12.4. The van der Waals surface area contributed by atoms with E-state index in [1.807, 2.05) is 0 Å². The number of hydrogen-bond donors (Lipinski definition) is 2. The van der Waals surface area contributed by atoms with Crippen LogP contribution >= 0.6 is 47.0 Å². The van der Waals surface area contributed by atoms with Gasteiger partial charge in [-0.05, 0) is 18.2 Å². The van der Waals surface area contributed by atoms with E-state index in [1.165, 1.54) is 12.3 Å². The van der Waals surface area contributed by atoms with E-state index in [2.05, 4.69) is 15.5 Å². The smallest absolute Gasteiger partial charge is 0.163 e. The molecule has 2 aromatic rings. The molecule has 1 aromatic heterocycles. The van der Waals surface area contributed by atoms with Gasteiger partial charge in [-0.1, -0.05) is 47.0 Å². The van der Waals surface area contributed by atoms with Crippen LogP contribution in [0.3, 0.4) is 0 Å². The summed E-state index contributed by atoms with van der Waals surface area (Å²) >= 11 is 22.8. The highest BCUT2D eigenvalue weighted by atomic mass is 35.5. The van der Waals surface area contributed by atoms with Crippen molar-refractivity contribution in [3.8, 4) is 0 Å². The van der Waals surface area contributed by atoms with Crippen molar-refractivity contribution >= 4 is 63.5 Å². The maximum Gasteiger partial charge on any atom is 0.163 e. The predicted molar refractivity (Wildman–Crippen MR) is 82.7 cm³/mol. The van der Waals surface area contributed by atoms with Gasteiger partial charge in [0.2, 0.25) is 0 Å². The minimum Gasteiger partial charge on any atom is -0.389 e. The number of thiocarbonyl (C=S) groups is 1. The Kier molecular flexibility index (Phi) is 4.42. The number of nitrogens with one attached hydrogen (secondary N) is 1. The van der Waals surface area contributed by atoms with Gasteiger partial charge < -0.3 is 11.1 Å². The third-order valence-corrected chi connectivity index (χ3v) is 3.50. The Balaban J connectivity index is 2.42. The van der Waals surface area contributed by atoms with E-state index in [0.29, 0.717) is 32.1 Å². The van der Waals surface area contributed by atoms with E-state index >= 15 is 0 Å². The quantitative estimate of drug-likeness (QED) is 0.660. The van der Waals surface area contributed by atoms with Gasteiger partial charge in [0, 0.05) is 0 Å². The van der Waals surface area contributed by atoms with Gasteiger partial charge in [-0.25, -0.2) is 0 Å². The van der Waals surface area contributed by atoms with Crippen LogP contribution < -0.4 is 11.1 Å². The van der Waals surface area contributed by atoms with Crippen molar-refractivity contribution in [2.24, 2.45) is 5.73 Å². The third kappa shape index (κ3) is 3.25. The Bertz CT molecular complexity index is 648. The molecule has 0 aliphatic rings. The van der Waals surface area contributed by atoms with E-state index in [9.17, 15) is 0 Å². The Morgan fingerprint density at radius 1 is 1.16 bits per heavy atom. The number of benzene rings is 1. The zero-order valence-electron chi connectivity index (χ0n) is 9.32. The third-order valence-electron chi connectivity index (χ3n) is 2.25. The molecule has 2 rings (SSSR count). The molecule has 1 aromatic carbocycles. The van der Waals surface area contributed by atoms with Crippen LogP contribution in [0.2, 0.25) is 15.1 Å². The number of nitrogens with zero attached hydrogens (tertiary/aromatic N) is 2. The largest absolute Gasteiger partial charge is 0.389 e. The maximum atomic E-state index is 6.07. The van der Waals surface area contributed by atoms with Crippen molar-refractivity contribution in [3.05, 3.63) is 45.0 Å². The van der Waals surface area contributed by atoms with Crippen LogP contribution in [0.5, 0.6) is 0 Å². The SMILES string of the molecule is NC(=S)c1ccnnc1Nc1cc(Cl)c(Cl)cc1Cl. The average Bonchev–Trinajstić information content (AvgIpc) is 2.36. The lowest BCUT2D eigenvalue weighted by atomic mass is 10.2. The first kappa shape index (κ1) is 14.3. The summed E-state index contributed by atoms with van der Waals surface area (Å²) in [4.78, 5) is 0.202. The molecular formula is C11H7Cl3N4S. The Labute approximate surface area is 129 Å². The van der Waals surface area contributed by atoms with Crippen LogP contribution in [0.1, 0.15) is 5.56 Å². The van der Waals surface area contributed by atoms with Gasteiger partial charge in [0.25, 0.3) is 0 Å². The Morgan fingerprint density at radius 2 is 1.84 bits per heavy atom. The number of aromatic nitrogens is 2. The molecule has 0 saturated heterocycles. The fourth-order valence-electron chi connectivity index (χ4n) is 1.37. The molecule has 4 nitrogen and oxygen atoms in total. The molecule has 0 aliphatic carbocycles. The van der Waals surface area contributed by atoms with Gasteiger partial charge in [-0.15, -0.1) is 5.10 Å². The van der Waals surface area contributed by atoms with Gasteiger partial charge in [-0.3, -0.25) is 0 Å². The second kappa shape index (κ2) is 5.88. The van der Waals surface area contributed by atoms with E-state index in [-0.39, 0.29) is 4.99 Å². The number of anilines is 2. The zero-order chi connectivity index (χ0) is 14.0. The minimum atomic E-state index is 0.202. The van der Waals surface area contributed by atoms with Crippen LogP contribution in [0, 0.1) is 0 Å². The number of rotatable bonds is 3. The molecule has 3 N–H and O–H groups in total. The summed E-state index contributed by atoms with van der Waals surface area (Å²) in [5, 5.41) is 11.8. The van der Waals surface area contributed by atoms with Gasteiger partial charge in [0.05, 0.1) is 32.5 Å². The molecule has 98 valence electrons. The second-order valence-electron chi connectivity index (χ2n) is 3.53. The van der Waals surface area contributed by atoms with Crippen molar-refractivity contribution in [2.75, 3.05) is 5.32 Å². The monoisotopic (exact) mass is 332 g/mol. The standard InChI is InChI=1S/C11H7Cl3N4S/c12-6-3-8(14)9(4-7(6)13)17-11-5(10(15)19)1-2-16-18-11/h1-4H,(H2,15,19)(H,17,18). The molecule has 0 aliphatic heterocycles. The lowest BCUT2D eigenvalue weighted by molar-refractivity contribution is 1.03. The second-order valence-corrected chi connectivity index (χ2v) is 5.19. The van der Waals surface area contributed by atoms with Crippen LogP contribution in [-0.4, -0.2) is 15.2 Å². The maximum absolute atomic E-state index is 6.07. The topological polar surface area (TPSA) is 63.8 Å². The number of hydrogen-bond acceptors (Lipinski definition) is 4. The summed E-state index contributed by atoms with van der Waals surface area (Å²) in [6.45, 7) is 0. The van der Waals surface area contributed by atoms with Gasteiger partial charge in [-0.2, -0.15) is 5.10 Å². The molecule has 0 saturated carbocycles. The van der Waals surface area contributed by atoms with Crippen molar-refractivity contribution < 1.29 is 0 Å². The summed E-state index contributed by atoms with van der Waals surface area (Å²) < 4.78 is 0. The first-order valence-corrected chi connectivity index (χ1v) is 6.56. The molecule has 0 fully saturated rings. The molecule has 8 heteroatoms. The van der Waals surface area contributed by atoms with E-state index in [0.717, 1.165) is 0 Å². The van der Waals surface area contributed by atoms with Crippen LogP contribution in [0.15, 0.2) is 24.4 Å². The summed E-state index contributed by atoms with van der Waals surface area (Å²) in [5.41, 5.74) is 6.70. The molecule has 0 radical (unpaired) electrons. The van der Waals surface area contributed by atoms with Crippen LogP contribution in [0.4, 0.5) is 11.5 Å². The molecule has 0 spiro atoms. The Morgan fingerprint density at radius 3 is 2.53 bits per heavy atom. The highest BCUT2D eigenvalue weighted by Crippen LogP contribution is 2.33. The molecule has 0 amide bonds. The van der Waals surface area contributed by atoms with E-state index in [1.54, 1.807) is 12.1 Å². The predicted octanol–water partition coefficient (Wildman–Crippen LogP) is 3.81. The highest BCUT2D eigenvalue weighted by molar-refractivity contribution is 7.80. The van der Waals surface area contributed by atoms with Crippen LogP contribution in [-0.2, 0) is 0 Å². The van der Waals surface area contributed by atoms with Crippen molar-refractivity contribution in [1.29, 1.82) is 0 Å². The molecule has 0 atom stereocenters. The first-order valence-electron chi connectivity index (χ1n) is 5.02. The molecule has 1 heterocycles. The van der Waals surface area contributed by atoms with Crippen molar-refractivity contribution in [2.45, 2.75) is 0 Å². The molecule has 0 unspecified atom stereocenters. The fraction of sp³-hybridized carbons (Fsp3) is 0. The lowest BCUT2D eigenvalue weighted by Crippen LogP contribution is -2.13. The summed E-state index contributed by atoms with van der Waals surface area (Å²) in [6.07, 6.45) is 1.50. The lowest BCUT2D eigenvalue weighted by Gasteiger charge is -2.11. The van der Waals surface area contributed by atoms with E-state index in [4.69, 9.17) is 52.8 Å². The van der Waals surface area contributed by atoms with Gasteiger partial charge >= 0.3 is 0 Å². The van der Waals surface area contributed by atoms with Crippen LogP contribution in [0.25, 0.3) is 0 Å². The fourth-order valence-corrected chi connectivity index (χ4v) is 2.13. The molecule has 19 heavy (non-hydrogen) atoms. The summed E-state index contributed by atoms with van der Waals surface area (Å²) in [7, 11) is 0. The van der Waals surface area contributed by atoms with Gasteiger partial charge in [0.1, 0.15) is 4.99 Å². The van der Waals surface area contributed by atoms with Crippen molar-refractivity contribution in [3.63, 3.8) is 0 Å². The Hall–Kier alpha value is -1.14. The van der Waals surface area contributed by atoms with E-state index < -0.39 is 0 Å². The molecule has 0 bridgehead atoms. The van der Waals surface area contributed by atoms with Crippen molar-refractivity contribution in [1.82, 2.24) is 10.2 Å². The normalized spacial score (nSPS) is 10.3. The van der Waals surface area contributed by atoms with Gasteiger partial charge in [0.15, 0.2) is 5.82 Å².